The predicted molar refractivity (Wildman–Crippen MR) is 115 cm³/mol. The van der Waals surface area contributed by atoms with Crippen LogP contribution >= 0.6 is 11.5 Å². The van der Waals surface area contributed by atoms with Gasteiger partial charge >= 0.3 is 0 Å². The molecule has 30 heavy (non-hydrogen) atoms. The number of imide groups is 1. The van der Waals surface area contributed by atoms with E-state index in [2.05, 4.69) is 24.1 Å². The summed E-state index contributed by atoms with van der Waals surface area (Å²) >= 11 is 1.28. The van der Waals surface area contributed by atoms with Gasteiger partial charge in [0.2, 0.25) is 0 Å². The maximum absolute atomic E-state index is 13.8. The first-order valence-corrected chi connectivity index (χ1v) is 11.3. The number of nitrogens with zero attached hydrogens (tertiary/aromatic N) is 2. The number of likely N-dealkylation sites (tertiary alicyclic amines) is 1. The summed E-state index contributed by atoms with van der Waals surface area (Å²) in [5, 5.41) is 3.39. The van der Waals surface area contributed by atoms with Crippen molar-refractivity contribution in [2.24, 2.45) is 5.92 Å². The Morgan fingerprint density at radius 1 is 1.23 bits per heavy atom. The Hall–Kier alpha value is -2.38. The second-order valence-corrected chi connectivity index (χ2v) is 9.52. The number of rotatable bonds is 3. The molecule has 2 amide bonds. The Balaban J connectivity index is 1.67. The lowest BCUT2D eigenvalue weighted by Gasteiger charge is -2.45. The van der Waals surface area contributed by atoms with E-state index < -0.39 is 5.41 Å². The molecule has 7 heteroatoms. The zero-order valence-electron chi connectivity index (χ0n) is 17.1. The lowest BCUT2D eigenvalue weighted by molar-refractivity contribution is -0.124. The van der Waals surface area contributed by atoms with Gasteiger partial charge in [-0.05, 0) is 69.5 Å². The van der Waals surface area contributed by atoms with Crippen LogP contribution in [0.15, 0.2) is 41.5 Å². The first-order chi connectivity index (χ1) is 14.4. The molecule has 3 unspecified atom stereocenters. The molecule has 1 fully saturated rings. The van der Waals surface area contributed by atoms with Crippen LogP contribution in [-0.4, -0.2) is 40.2 Å². The average molecular weight is 426 g/mol. The number of benzene rings is 1. The molecule has 1 aromatic heterocycles. The van der Waals surface area contributed by atoms with E-state index in [1.807, 2.05) is 6.08 Å². The number of halogens is 1. The van der Waals surface area contributed by atoms with E-state index in [1.165, 1.54) is 30.1 Å². The molecule has 1 saturated heterocycles. The van der Waals surface area contributed by atoms with E-state index in [0.717, 1.165) is 41.7 Å². The zero-order chi connectivity index (χ0) is 21.0. The topological polar surface area (TPSA) is 62.3 Å². The van der Waals surface area contributed by atoms with Crippen LogP contribution in [-0.2, 0) is 15.0 Å². The smallest absolute Gasteiger partial charge is 0.258 e. The average Bonchev–Trinajstić information content (AvgIpc) is 3.28. The second-order valence-electron chi connectivity index (χ2n) is 8.71. The highest BCUT2D eigenvalue weighted by Gasteiger charge is 2.51. The number of amides is 2. The van der Waals surface area contributed by atoms with Crippen LogP contribution < -0.4 is 5.32 Å². The fourth-order valence-corrected chi connectivity index (χ4v) is 6.33. The maximum atomic E-state index is 13.8. The van der Waals surface area contributed by atoms with Gasteiger partial charge in [0.15, 0.2) is 0 Å². The van der Waals surface area contributed by atoms with Crippen LogP contribution in [0.1, 0.15) is 38.8 Å². The molecular weight excluding hydrogens is 401 g/mol. The summed E-state index contributed by atoms with van der Waals surface area (Å²) in [6.45, 7) is 6.21. The number of fused-ring (bicyclic) bond motifs is 1. The standard InChI is InChI=1S/C23H24FN3O2S/c1-13(27-10-4-3-5-11-27)19-18-16(21(28)25-22(18)29)8-9-23(19,2)20-15-7-6-14(24)12-17(15)30-26-20/h6-9,12-13,19H,3-5,10-11H2,1-2H3,(H,25,28,29). The number of piperidine rings is 1. The largest absolute Gasteiger partial charge is 0.300 e. The van der Waals surface area contributed by atoms with Crippen molar-refractivity contribution < 1.29 is 14.0 Å². The Morgan fingerprint density at radius 2 is 2.00 bits per heavy atom. The summed E-state index contributed by atoms with van der Waals surface area (Å²) in [5.74, 6) is -1.14. The zero-order valence-corrected chi connectivity index (χ0v) is 17.9. The van der Waals surface area contributed by atoms with E-state index in [4.69, 9.17) is 4.37 Å². The molecule has 1 aliphatic carbocycles. The summed E-state index contributed by atoms with van der Waals surface area (Å²) in [5.41, 5.74) is 1.28. The molecule has 156 valence electrons. The van der Waals surface area contributed by atoms with Gasteiger partial charge in [-0.2, -0.15) is 4.37 Å². The molecule has 0 saturated carbocycles. The summed E-state index contributed by atoms with van der Waals surface area (Å²) in [7, 11) is 0. The van der Waals surface area contributed by atoms with Crippen LogP contribution in [0.2, 0.25) is 0 Å². The Bertz CT molecular complexity index is 1110. The molecule has 2 aromatic rings. The van der Waals surface area contributed by atoms with Crippen molar-refractivity contribution >= 4 is 33.4 Å². The van der Waals surface area contributed by atoms with Gasteiger partial charge in [0.05, 0.1) is 10.4 Å². The fraction of sp³-hybridized carbons (Fsp3) is 0.435. The number of allylic oxidation sites excluding steroid dienone is 1. The van der Waals surface area contributed by atoms with Crippen LogP contribution in [0.4, 0.5) is 4.39 Å². The van der Waals surface area contributed by atoms with Crippen molar-refractivity contribution in [1.82, 2.24) is 14.6 Å². The third-order valence-corrected chi connectivity index (χ3v) is 7.76. The van der Waals surface area contributed by atoms with Crippen molar-refractivity contribution in [2.45, 2.75) is 44.6 Å². The van der Waals surface area contributed by atoms with Crippen LogP contribution in [0.3, 0.4) is 0 Å². The van der Waals surface area contributed by atoms with E-state index in [0.29, 0.717) is 11.1 Å². The van der Waals surface area contributed by atoms with Crippen LogP contribution in [0.25, 0.3) is 10.1 Å². The van der Waals surface area contributed by atoms with Crippen LogP contribution in [0, 0.1) is 11.7 Å². The van der Waals surface area contributed by atoms with Gasteiger partial charge in [-0.25, -0.2) is 4.39 Å². The molecule has 3 atom stereocenters. The van der Waals surface area contributed by atoms with Crippen molar-refractivity contribution in [3.8, 4) is 0 Å². The van der Waals surface area contributed by atoms with E-state index in [-0.39, 0.29) is 29.6 Å². The molecule has 0 radical (unpaired) electrons. The lowest BCUT2D eigenvalue weighted by Crippen LogP contribution is -2.51. The summed E-state index contributed by atoms with van der Waals surface area (Å²) < 4.78 is 19.3. The number of carbonyl (C=O) groups excluding carboxylic acids is 2. The fourth-order valence-electron chi connectivity index (χ4n) is 5.42. The molecule has 0 bridgehead atoms. The quantitative estimate of drug-likeness (QED) is 0.762. The van der Waals surface area contributed by atoms with Crippen LogP contribution in [0.5, 0.6) is 0 Å². The number of carbonyl (C=O) groups is 2. The van der Waals surface area contributed by atoms with E-state index in [1.54, 1.807) is 12.1 Å². The van der Waals surface area contributed by atoms with Gasteiger partial charge in [0.1, 0.15) is 5.82 Å². The van der Waals surface area contributed by atoms with Gasteiger partial charge in [-0.3, -0.25) is 14.9 Å². The molecule has 3 aliphatic rings. The molecule has 1 aromatic carbocycles. The van der Waals surface area contributed by atoms with Gasteiger partial charge in [0.25, 0.3) is 11.8 Å². The Labute approximate surface area is 178 Å². The Morgan fingerprint density at radius 3 is 2.77 bits per heavy atom. The third-order valence-electron chi connectivity index (χ3n) is 6.95. The normalized spacial score (nSPS) is 28.2. The van der Waals surface area contributed by atoms with Gasteiger partial charge in [-0.1, -0.05) is 18.6 Å². The molecule has 1 N–H and O–H groups in total. The summed E-state index contributed by atoms with van der Waals surface area (Å²) in [6.07, 6.45) is 7.29. The highest BCUT2D eigenvalue weighted by atomic mass is 32.1. The molecule has 3 heterocycles. The Kier molecular flexibility index (Phi) is 4.63. The number of hydrogen-bond acceptors (Lipinski definition) is 5. The van der Waals surface area contributed by atoms with Crippen molar-refractivity contribution in [1.29, 1.82) is 0 Å². The third kappa shape index (κ3) is 2.87. The molecule has 5 rings (SSSR count). The summed E-state index contributed by atoms with van der Waals surface area (Å²) in [6, 6.07) is 4.79. The van der Waals surface area contributed by atoms with Crippen molar-refractivity contribution in [3.63, 3.8) is 0 Å². The number of nitrogens with one attached hydrogen (secondary N) is 1. The second kappa shape index (κ2) is 7.10. The van der Waals surface area contributed by atoms with E-state index in [9.17, 15) is 14.0 Å². The molecule has 5 nitrogen and oxygen atoms in total. The lowest BCUT2D eigenvalue weighted by atomic mass is 9.63. The van der Waals surface area contributed by atoms with E-state index >= 15 is 0 Å². The minimum Gasteiger partial charge on any atom is -0.300 e. The molecular formula is C23H24FN3O2S. The first-order valence-electron chi connectivity index (χ1n) is 10.5. The predicted octanol–water partition coefficient (Wildman–Crippen LogP) is 3.71. The summed E-state index contributed by atoms with van der Waals surface area (Å²) in [4.78, 5) is 27.7. The van der Waals surface area contributed by atoms with Gasteiger partial charge in [0, 0.05) is 33.9 Å². The minimum atomic E-state index is -0.590. The number of hydrogen-bond donors (Lipinski definition) is 1. The molecule has 2 aliphatic heterocycles. The highest BCUT2D eigenvalue weighted by molar-refractivity contribution is 7.13. The monoisotopic (exact) mass is 425 g/mol. The van der Waals surface area contributed by atoms with Gasteiger partial charge < -0.3 is 4.90 Å². The molecule has 0 spiro atoms. The van der Waals surface area contributed by atoms with Crippen molar-refractivity contribution in [3.05, 3.63) is 53.0 Å². The van der Waals surface area contributed by atoms with Gasteiger partial charge in [-0.15, -0.1) is 0 Å². The SMILES string of the molecule is CC(C1C2=C(C=CC1(C)c1nsc3cc(F)ccc13)C(=O)NC2=O)N1CCCCC1. The number of aromatic nitrogens is 1. The highest BCUT2D eigenvalue weighted by Crippen LogP contribution is 2.48. The first kappa shape index (κ1) is 19.6. The maximum Gasteiger partial charge on any atom is 0.258 e. The van der Waals surface area contributed by atoms with Crippen molar-refractivity contribution in [2.75, 3.05) is 13.1 Å². The minimum absolute atomic E-state index is 0.0547.